The van der Waals surface area contributed by atoms with E-state index in [1.165, 1.54) is 12.8 Å². The zero-order chi connectivity index (χ0) is 5.98. The van der Waals surface area contributed by atoms with Crippen LogP contribution >= 0.6 is 0 Å². The molecule has 0 aromatic heterocycles. The maximum Gasteiger partial charge on any atom is 0.454 e. The molecule has 0 aromatic carbocycles. The van der Waals surface area contributed by atoms with Crippen molar-refractivity contribution in [2.24, 2.45) is 0 Å². The standard InChI is InChI=1S/C5H11BO2/c7-6(8)5-3-1-2-4-5/h5,7-8H,1-4H2. The number of hydrogen-bond donors (Lipinski definition) is 2. The molecule has 1 fully saturated rings. The van der Waals surface area contributed by atoms with Gasteiger partial charge in [-0.3, -0.25) is 0 Å². The van der Waals surface area contributed by atoms with Crippen molar-refractivity contribution in [2.45, 2.75) is 31.5 Å². The second kappa shape index (κ2) is 2.51. The Balaban J connectivity index is 2.24. The van der Waals surface area contributed by atoms with E-state index in [9.17, 15) is 0 Å². The van der Waals surface area contributed by atoms with Crippen molar-refractivity contribution in [2.75, 3.05) is 0 Å². The van der Waals surface area contributed by atoms with Crippen LogP contribution < -0.4 is 0 Å². The summed E-state index contributed by atoms with van der Waals surface area (Å²) < 4.78 is 0. The molecule has 1 aliphatic carbocycles. The van der Waals surface area contributed by atoms with Gasteiger partial charge < -0.3 is 10.0 Å². The summed E-state index contributed by atoms with van der Waals surface area (Å²) in [6.07, 6.45) is 4.33. The van der Waals surface area contributed by atoms with E-state index in [0.29, 0.717) is 0 Å². The lowest BCUT2D eigenvalue weighted by Crippen LogP contribution is -2.17. The van der Waals surface area contributed by atoms with Crippen LogP contribution in [0.2, 0.25) is 5.82 Å². The monoisotopic (exact) mass is 114 g/mol. The molecule has 0 unspecified atom stereocenters. The minimum atomic E-state index is -1.06. The van der Waals surface area contributed by atoms with E-state index in [1.54, 1.807) is 0 Å². The van der Waals surface area contributed by atoms with E-state index in [2.05, 4.69) is 0 Å². The molecule has 0 heterocycles. The van der Waals surface area contributed by atoms with E-state index in [0.717, 1.165) is 12.8 Å². The zero-order valence-electron chi connectivity index (χ0n) is 4.88. The molecule has 1 aliphatic rings. The van der Waals surface area contributed by atoms with Crippen molar-refractivity contribution < 1.29 is 10.0 Å². The summed E-state index contributed by atoms with van der Waals surface area (Å²) >= 11 is 0. The third kappa shape index (κ3) is 1.23. The van der Waals surface area contributed by atoms with E-state index < -0.39 is 7.12 Å². The van der Waals surface area contributed by atoms with Crippen LogP contribution in [0.3, 0.4) is 0 Å². The number of rotatable bonds is 1. The summed E-state index contributed by atoms with van der Waals surface area (Å²) in [6, 6.07) is 0. The van der Waals surface area contributed by atoms with E-state index in [1.807, 2.05) is 0 Å². The van der Waals surface area contributed by atoms with E-state index in [4.69, 9.17) is 10.0 Å². The fourth-order valence-corrected chi connectivity index (χ4v) is 1.26. The quantitative estimate of drug-likeness (QED) is 0.484. The van der Waals surface area contributed by atoms with Gasteiger partial charge in [0.2, 0.25) is 0 Å². The molecule has 1 saturated carbocycles. The Morgan fingerprint density at radius 2 is 1.62 bits per heavy atom. The lowest BCUT2D eigenvalue weighted by atomic mass is 9.72. The molecule has 2 nitrogen and oxygen atoms in total. The van der Waals surface area contributed by atoms with Crippen LogP contribution in [0.5, 0.6) is 0 Å². The van der Waals surface area contributed by atoms with Crippen LogP contribution in [0, 0.1) is 0 Å². The minimum absolute atomic E-state index is 0.176. The van der Waals surface area contributed by atoms with Gasteiger partial charge in [0.25, 0.3) is 0 Å². The van der Waals surface area contributed by atoms with Gasteiger partial charge in [0.05, 0.1) is 0 Å². The van der Waals surface area contributed by atoms with Gasteiger partial charge in [-0.05, 0) is 5.82 Å². The molecule has 3 heteroatoms. The molecule has 1 rings (SSSR count). The highest BCUT2D eigenvalue weighted by Crippen LogP contribution is 2.30. The Morgan fingerprint density at radius 3 is 1.88 bits per heavy atom. The largest absolute Gasteiger partial charge is 0.454 e. The van der Waals surface area contributed by atoms with Crippen molar-refractivity contribution in [3.63, 3.8) is 0 Å². The molecule has 0 aliphatic heterocycles. The Bertz CT molecular complexity index is 68.8. The minimum Gasteiger partial charge on any atom is -0.427 e. The van der Waals surface area contributed by atoms with Crippen molar-refractivity contribution in [1.29, 1.82) is 0 Å². The highest BCUT2D eigenvalue weighted by Gasteiger charge is 2.25. The summed E-state index contributed by atoms with van der Waals surface area (Å²) in [7, 11) is -1.06. The highest BCUT2D eigenvalue weighted by molar-refractivity contribution is 6.43. The van der Waals surface area contributed by atoms with Crippen molar-refractivity contribution >= 4 is 7.12 Å². The van der Waals surface area contributed by atoms with Crippen LogP contribution in [-0.2, 0) is 0 Å². The molecule has 0 spiro atoms. The average Bonchev–Trinajstić information content (AvgIpc) is 2.12. The molecule has 0 atom stereocenters. The summed E-state index contributed by atoms with van der Waals surface area (Å²) in [5, 5.41) is 17.2. The molecular weight excluding hydrogens is 103 g/mol. The summed E-state index contributed by atoms with van der Waals surface area (Å²) in [5.74, 6) is 0.176. The highest BCUT2D eigenvalue weighted by atomic mass is 16.4. The topological polar surface area (TPSA) is 40.5 Å². The lowest BCUT2D eigenvalue weighted by molar-refractivity contribution is 0.384. The predicted molar refractivity (Wildman–Crippen MR) is 32.4 cm³/mol. The molecule has 0 amide bonds. The number of hydrogen-bond acceptors (Lipinski definition) is 2. The molecule has 46 valence electrons. The molecule has 0 saturated heterocycles. The molecule has 0 radical (unpaired) electrons. The molecule has 8 heavy (non-hydrogen) atoms. The fraction of sp³-hybridized carbons (Fsp3) is 1.00. The van der Waals surface area contributed by atoms with Crippen LogP contribution in [0.4, 0.5) is 0 Å². The Hall–Kier alpha value is -0.0151. The molecule has 0 aromatic rings. The van der Waals surface area contributed by atoms with Crippen LogP contribution in [0.25, 0.3) is 0 Å². The van der Waals surface area contributed by atoms with E-state index in [-0.39, 0.29) is 5.82 Å². The SMILES string of the molecule is OB(O)C1CCCC1. The summed E-state index contributed by atoms with van der Waals surface area (Å²) in [4.78, 5) is 0. The van der Waals surface area contributed by atoms with Crippen molar-refractivity contribution in [1.82, 2.24) is 0 Å². The Labute approximate surface area is 49.7 Å². The normalized spacial score (nSPS) is 21.8. The lowest BCUT2D eigenvalue weighted by Gasteiger charge is -2.03. The van der Waals surface area contributed by atoms with E-state index >= 15 is 0 Å². The smallest absolute Gasteiger partial charge is 0.427 e. The van der Waals surface area contributed by atoms with Gasteiger partial charge in [0.1, 0.15) is 0 Å². The molecule has 2 N–H and O–H groups in total. The van der Waals surface area contributed by atoms with Gasteiger partial charge in [-0.15, -0.1) is 0 Å². The van der Waals surface area contributed by atoms with Crippen LogP contribution in [0.1, 0.15) is 25.7 Å². The molecule has 0 bridgehead atoms. The Morgan fingerprint density at radius 1 is 1.12 bits per heavy atom. The first-order chi connectivity index (χ1) is 3.80. The van der Waals surface area contributed by atoms with Gasteiger partial charge in [0.15, 0.2) is 0 Å². The average molecular weight is 114 g/mol. The fourth-order valence-electron chi connectivity index (χ4n) is 1.26. The van der Waals surface area contributed by atoms with Gasteiger partial charge in [-0.1, -0.05) is 25.7 Å². The van der Waals surface area contributed by atoms with Gasteiger partial charge in [0, 0.05) is 0 Å². The third-order valence-corrected chi connectivity index (χ3v) is 1.82. The first kappa shape index (κ1) is 6.11. The summed E-state index contributed by atoms with van der Waals surface area (Å²) in [5.41, 5.74) is 0. The van der Waals surface area contributed by atoms with Gasteiger partial charge in [-0.2, -0.15) is 0 Å². The van der Waals surface area contributed by atoms with Gasteiger partial charge in [-0.25, -0.2) is 0 Å². The van der Waals surface area contributed by atoms with Gasteiger partial charge >= 0.3 is 7.12 Å². The zero-order valence-corrected chi connectivity index (χ0v) is 4.88. The first-order valence-electron chi connectivity index (χ1n) is 3.17. The second-order valence-electron chi connectivity index (χ2n) is 2.46. The third-order valence-electron chi connectivity index (χ3n) is 1.82. The van der Waals surface area contributed by atoms with Crippen molar-refractivity contribution in [3.05, 3.63) is 0 Å². The first-order valence-corrected chi connectivity index (χ1v) is 3.17. The van der Waals surface area contributed by atoms with Crippen molar-refractivity contribution in [3.8, 4) is 0 Å². The molecular formula is C5H11BO2. The van der Waals surface area contributed by atoms with Crippen LogP contribution in [0.15, 0.2) is 0 Å². The summed E-state index contributed by atoms with van der Waals surface area (Å²) in [6.45, 7) is 0. The predicted octanol–water partition coefficient (Wildman–Crippen LogP) is 0.403. The maximum atomic E-state index is 8.61. The maximum absolute atomic E-state index is 8.61. The Kier molecular flexibility index (Phi) is 1.92. The van der Waals surface area contributed by atoms with Crippen LogP contribution in [-0.4, -0.2) is 17.2 Å². The second-order valence-corrected chi connectivity index (χ2v) is 2.46.